The maximum atomic E-state index is 12.4. The summed E-state index contributed by atoms with van der Waals surface area (Å²) in [7, 11) is 1.84. The molecule has 3 aromatic rings. The number of H-pyrrole nitrogens is 1. The first kappa shape index (κ1) is 22.2. The van der Waals surface area contributed by atoms with E-state index < -0.39 is 0 Å². The fourth-order valence-corrected chi connectivity index (χ4v) is 5.02. The Morgan fingerprint density at radius 3 is 2.79 bits per heavy atom. The quantitative estimate of drug-likeness (QED) is 0.449. The number of ether oxygens (including phenoxy) is 1. The number of piperidine rings is 1. The number of fused-ring (bicyclic) bond motifs is 1. The van der Waals surface area contributed by atoms with Crippen LogP contribution in [0.4, 0.5) is 22.4 Å². The van der Waals surface area contributed by atoms with Crippen LogP contribution in [0.1, 0.15) is 45.4 Å². The van der Waals surface area contributed by atoms with Crippen LogP contribution in [0.15, 0.2) is 24.3 Å². The predicted molar refractivity (Wildman–Crippen MR) is 133 cm³/mol. The lowest BCUT2D eigenvalue weighted by Crippen LogP contribution is -2.51. The lowest BCUT2D eigenvalue weighted by molar-refractivity contribution is 0.0967. The van der Waals surface area contributed by atoms with Gasteiger partial charge in [0, 0.05) is 42.7 Å². The van der Waals surface area contributed by atoms with Gasteiger partial charge in [0.2, 0.25) is 5.95 Å². The van der Waals surface area contributed by atoms with Gasteiger partial charge in [-0.15, -0.1) is 0 Å². The fraction of sp³-hybridized carbons (Fsp3) is 0.500. The molecular weight excluding hydrogens is 432 g/mol. The first-order valence-corrected chi connectivity index (χ1v) is 12.0. The molecule has 2 atom stereocenters. The molecule has 2 aromatic heterocycles. The number of carbonyl (C=O) groups excluding carboxylic acids is 1. The molecule has 1 aliphatic heterocycles. The molecule has 180 valence electrons. The zero-order valence-corrected chi connectivity index (χ0v) is 19.7. The van der Waals surface area contributed by atoms with E-state index in [1.807, 2.05) is 31.3 Å². The highest BCUT2D eigenvalue weighted by atomic mass is 16.6. The smallest absolute Gasteiger partial charge is 0.407 e. The second kappa shape index (κ2) is 9.36. The van der Waals surface area contributed by atoms with Gasteiger partial charge < -0.3 is 26.0 Å². The Kier molecular flexibility index (Phi) is 6.12. The van der Waals surface area contributed by atoms with Gasteiger partial charge in [0.1, 0.15) is 11.9 Å². The number of aromatic nitrogens is 4. The summed E-state index contributed by atoms with van der Waals surface area (Å²) in [5.41, 5.74) is 8.71. The number of nitrogens with two attached hydrogens (primary N) is 1. The van der Waals surface area contributed by atoms with E-state index in [1.165, 1.54) is 0 Å². The molecule has 0 bridgehead atoms. The minimum atomic E-state index is -0.317. The van der Waals surface area contributed by atoms with Crippen LogP contribution in [0.5, 0.6) is 0 Å². The van der Waals surface area contributed by atoms with Gasteiger partial charge in [-0.2, -0.15) is 10.1 Å². The van der Waals surface area contributed by atoms with E-state index in [1.54, 1.807) is 0 Å². The number of alkyl carbamates (subject to hydrolysis) is 1. The van der Waals surface area contributed by atoms with Crippen LogP contribution in [0.3, 0.4) is 0 Å². The highest BCUT2D eigenvalue weighted by Crippen LogP contribution is 2.30. The van der Waals surface area contributed by atoms with Crippen LogP contribution in [0.2, 0.25) is 0 Å². The summed E-state index contributed by atoms with van der Waals surface area (Å²) < 4.78 is 5.60. The largest absolute Gasteiger partial charge is 0.446 e. The van der Waals surface area contributed by atoms with Crippen molar-refractivity contribution in [2.24, 2.45) is 0 Å². The minimum absolute atomic E-state index is 0.00829. The van der Waals surface area contributed by atoms with Crippen molar-refractivity contribution < 1.29 is 9.53 Å². The number of anilines is 3. The molecule has 1 aliphatic carbocycles. The number of benzene rings is 1. The van der Waals surface area contributed by atoms with Gasteiger partial charge >= 0.3 is 6.09 Å². The summed E-state index contributed by atoms with van der Waals surface area (Å²) >= 11 is 0. The van der Waals surface area contributed by atoms with Crippen molar-refractivity contribution in [1.82, 2.24) is 25.5 Å². The maximum absolute atomic E-state index is 12.4. The lowest BCUT2D eigenvalue weighted by atomic mass is 9.99. The lowest BCUT2D eigenvalue weighted by Gasteiger charge is -2.39. The molecule has 0 spiro atoms. The molecule has 2 unspecified atom stereocenters. The average Bonchev–Trinajstić information content (AvgIpc) is 3.49. The van der Waals surface area contributed by atoms with Crippen LogP contribution in [0, 0.1) is 0 Å². The molecule has 2 fully saturated rings. The van der Waals surface area contributed by atoms with Gasteiger partial charge in [-0.3, -0.25) is 5.10 Å². The molecule has 5 N–H and O–H groups in total. The molecule has 1 aromatic carbocycles. The van der Waals surface area contributed by atoms with E-state index >= 15 is 0 Å². The number of aromatic amines is 1. The molecule has 1 amide bonds. The summed E-state index contributed by atoms with van der Waals surface area (Å²) in [5, 5.41) is 14.5. The second-order valence-corrected chi connectivity index (χ2v) is 9.28. The van der Waals surface area contributed by atoms with Crippen molar-refractivity contribution in [2.75, 3.05) is 29.5 Å². The van der Waals surface area contributed by atoms with Gasteiger partial charge in [0.15, 0.2) is 5.82 Å². The third-order valence-electron chi connectivity index (χ3n) is 6.90. The molecule has 10 heteroatoms. The number of hydrogen-bond acceptors (Lipinski definition) is 8. The maximum Gasteiger partial charge on any atom is 0.407 e. The van der Waals surface area contributed by atoms with Gasteiger partial charge in [-0.1, -0.05) is 6.07 Å². The SMILES string of the molecule is CNc1n[nH]c2cc(-c3cc(N4CC(NC(=O)OC5CCCC5)CCC4C)nc(N)n3)ccc12. The van der Waals surface area contributed by atoms with Gasteiger partial charge in [0.05, 0.1) is 11.2 Å². The van der Waals surface area contributed by atoms with Crippen LogP contribution < -0.4 is 21.3 Å². The third kappa shape index (κ3) is 4.57. The van der Waals surface area contributed by atoms with Gasteiger partial charge in [0.25, 0.3) is 0 Å². The zero-order valence-electron chi connectivity index (χ0n) is 19.7. The van der Waals surface area contributed by atoms with E-state index in [4.69, 9.17) is 10.5 Å². The van der Waals surface area contributed by atoms with Crippen LogP contribution in [0.25, 0.3) is 22.2 Å². The topological polar surface area (TPSA) is 134 Å². The van der Waals surface area contributed by atoms with E-state index in [0.29, 0.717) is 6.54 Å². The average molecular weight is 465 g/mol. The van der Waals surface area contributed by atoms with E-state index in [0.717, 1.165) is 72.3 Å². The first-order chi connectivity index (χ1) is 16.5. The Labute approximate surface area is 198 Å². The second-order valence-electron chi connectivity index (χ2n) is 9.28. The molecule has 5 rings (SSSR count). The number of carbonyl (C=O) groups is 1. The highest BCUT2D eigenvalue weighted by molar-refractivity contribution is 5.92. The van der Waals surface area contributed by atoms with Crippen LogP contribution >= 0.6 is 0 Å². The van der Waals surface area contributed by atoms with E-state index in [9.17, 15) is 4.79 Å². The van der Waals surface area contributed by atoms with Crippen molar-refractivity contribution in [3.05, 3.63) is 24.3 Å². The van der Waals surface area contributed by atoms with E-state index in [-0.39, 0.29) is 30.2 Å². The zero-order chi connectivity index (χ0) is 23.7. The summed E-state index contributed by atoms with van der Waals surface area (Å²) in [4.78, 5) is 23.6. The van der Waals surface area contributed by atoms with Crippen molar-refractivity contribution in [3.8, 4) is 11.3 Å². The molecule has 2 aliphatic rings. The number of nitrogens with zero attached hydrogens (tertiary/aromatic N) is 4. The Bertz CT molecular complexity index is 1170. The number of amides is 1. The van der Waals surface area contributed by atoms with Crippen LogP contribution in [-0.2, 0) is 4.74 Å². The predicted octanol–water partition coefficient (Wildman–Crippen LogP) is 3.67. The summed E-state index contributed by atoms with van der Waals surface area (Å²) in [5.74, 6) is 1.78. The molecule has 34 heavy (non-hydrogen) atoms. The number of nitrogens with one attached hydrogen (secondary N) is 3. The van der Waals surface area contributed by atoms with Crippen molar-refractivity contribution >= 4 is 34.6 Å². The highest BCUT2D eigenvalue weighted by Gasteiger charge is 2.29. The molecule has 10 nitrogen and oxygen atoms in total. The third-order valence-corrected chi connectivity index (χ3v) is 6.90. The molecular formula is C24H32N8O2. The van der Waals surface area contributed by atoms with Crippen molar-refractivity contribution in [1.29, 1.82) is 0 Å². The molecule has 0 radical (unpaired) electrons. The Morgan fingerprint density at radius 1 is 1.18 bits per heavy atom. The number of hydrogen-bond donors (Lipinski definition) is 4. The fourth-order valence-electron chi connectivity index (χ4n) is 5.02. The minimum Gasteiger partial charge on any atom is -0.446 e. The normalized spacial score (nSPS) is 21.1. The molecule has 3 heterocycles. The number of rotatable bonds is 5. The Morgan fingerprint density at radius 2 is 2.00 bits per heavy atom. The number of nitrogen functional groups attached to an aromatic ring is 1. The summed E-state index contributed by atoms with van der Waals surface area (Å²) in [6.07, 6.45) is 5.76. The Hall–Kier alpha value is -3.56. The summed E-state index contributed by atoms with van der Waals surface area (Å²) in [6, 6.07) is 8.25. The van der Waals surface area contributed by atoms with Gasteiger partial charge in [-0.05, 0) is 57.6 Å². The van der Waals surface area contributed by atoms with Crippen molar-refractivity contribution in [3.63, 3.8) is 0 Å². The Balaban J connectivity index is 1.34. The molecule has 1 saturated carbocycles. The first-order valence-electron chi connectivity index (χ1n) is 12.0. The van der Waals surface area contributed by atoms with E-state index in [2.05, 4.69) is 42.6 Å². The monoisotopic (exact) mass is 464 g/mol. The van der Waals surface area contributed by atoms with Gasteiger partial charge in [-0.25, -0.2) is 9.78 Å². The summed E-state index contributed by atoms with van der Waals surface area (Å²) in [6.45, 7) is 2.81. The standard InChI is InChI=1S/C24H32N8O2/c1-14-7-9-16(27-24(33)34-17-5-3-4-6-17)13-32(14)21-12-19(28-23(25)29-21)15-8-10-18-20(11-15)30-31-22(18)26-2/h8,10-12,14,16-17H,3-7,9,13H2,1-2H3,(H,27,33)(H2,25,28,29)(H2,26,30,31). The molecule has 1 saturated heterocycles. The van der Waals surface area contributed by atoms with Crippen molar-refractivity contribution in [2.45, 2.75) is 63.6 Å². The van der Waals surface area contributed by atoms with Crippen LogP contribution in [-0.4, -0.2) is 58.0 Å².